The minimum absolute atomic E-state index is 0.425. The fourth-order valence-corrected chi connectivity index (χ4v) is 3.04. The lowest BCUT2D eigenvalue weighted by molar-refractivity contribution is 0.178. The summed E-state index contributed by atoms with van der Waals surface area (Å²) in [6.45, 7) is 4.31. The average Bonchev–Trinajstić information content (AvgIpc) is 2.81. The maximum absolute atomic E-state index is 12.0. The number of amides is 1. The number of alkyl carbamates (subject to hydrolysis) is 1. The number of nitrogens with zero attached hydrogens (tertiary/aromatic N) is 1. The van der Waals surface area contributed by atoms with Crippen LogP contribution in [0.4, 0.5) is 4.79 Å². The standard InChI is InChI=1S/C21H28N2O2/c1-3-5-6-7-8-14-22-21(24)25-19-13-9-11-18-12-10-16-23(15-4-2)20(18)17-19/h2,9,11,17H,3,5-8,10,12,14-16H2,1H3,(H,22,24). The number of piperidine rings is 1. The number of terminal acetylenes is 1. The van der Waals surface area contributed by atoms with Crippen molar-refractivity contribution in [2.24, 2.45) is 0 Å². The maximum atomic E-state index is 12.0. The van der Waals surface area contributed by atoms with Gasteiger partial charge in [-0.05, 0) is 37.0 Å². The van der Waals surface area contributed by atoms with Gasteiger partial charge >= 0.3 is 6.09 Å². The van der Waals surface area contributed by atoms with Crippen molar-refractivity contribution in [1.82, 2.24) is 10.2 Å². The predicted molar refractivity (Wildman–Crippen MR) is 101 cm³/mol. The van der Waals surface area contributed by atoms with Crippen molar-refractivity contribution in [3.05, 3.63) is 41.0 Å². The van der Waals surface area contributed by atoms with Crippen LogP contribution in [0.5, 0.6) is 0 Å². The molecule has 1 fully saturated rings. The Morgan fingerprint density at radius 1 is 1.40 bits per heavy atom. The summed E-state index contributed by atoms with van der Waals surface area (Å²) in [5.74, 6) is 3.12. The van der Waals surface area contributed by atoms with Gasteiger partial charge in [0.15, 0.2) is 5.76 Å². The Balaban J connectivity index is 1.87. The summed E-state index contributed by atoms with van der Waals surface area (Å²) < 4.78 is 5.41. The van der Waals surface area contributed by atoms with E-state index in [1.165, 1.54) is 24.8 Å². The first-order chi connectivity index (χ1) is 12.2. The molecule has 0 aromatic heterocycles. The molecule has 2 rings (SSSR count). The molecule has 4 heteroatoms. The molecule has 0 aromatic carbocycles. The highest BCUT2D eigenvalue weighted by atomic mass is 16.6. The van der Waals surface area contributed by atoms with Crippen molar-refractivity contribution in [3.8, 4) is 12.3 Å². The van der Waals surface area contributed by atoms with Gasteiger partial charge < -0.3 is 15.0 Å². The molecule has 0 bridgehead atoms. The quantitative estimate of drug-likeness (QED) is 0.407. The minimum atomic E-state index is -0.425. The highest BCUT2D eigenvalue weighted by molar-refractivity contribution is 5.69. The van der Waals surface area contributed by atoms with E-state index in [-0.39, 0.29) is 0 Å². The van der Waals surface area contributed by atoms with Crippen molar-refractivity contribution >= 4 is 6.09 Å². The molecule has 1 N–H and O–H groups in total. The van der Waals surface area contributed by atoms with Gasteiger partial charge in [-0.25, -0.2) is 4.79 Å². The van der Waals surface area contributed by atoms with Crippen molar-refractivity contribution in [1.29, 1.82) is 0 Å². The third-order valence-corrected chi connectivity index (χ3v) is 4.36. The van der Waals surface area contributed by atoms with Gasteiger partial charge in [-0.1, -0.05) is 44.3 Å². The number of allylic oxidation sites excluding steroid dienone is 3. The number of unbranched alkanes of at least 4 members (excludes halogenated alkanes) is 4. The molecule has 2 aliphatic rings. The second-order valence-corrected chi connectivity index (χ2v) is 6.36. The summed E-state index contributed by atoms with van der Waals surface area (Å²) in [7, 11) is 0. The second-order valence-electron chi connectivity index (χ2n) is 6.36. The molecule has 1 aliphatic carbocycles. The largest absolute Gasteiger partial charge is 0.413 e. The minimum Gasteiger partial charge on any atom is -0.402 e. The number of hydrogen-bond donors (Lipinski definition) is 1. The molecule has 0 aromatic rings. The van der Waals surface area contributed by atoms with Crippen LogP contribution in [0.25, 0.3) is 0 Å². The van der Waals surface area contributed by atoms with E-state index in [4.69, 9.17) is 11.2 Å². The van der Waals surface area contributed by atoms with Crippen LogP contribution in [-0.2, 0) is 4.74 Å². The third kappa shape index (κ3) is 6.21. The summed E-state index contributed by atoms with van der Waals surface area (Å²) in [4.78, 5) is 14.1. The summed E-state index contributed by atoms with van der Waals surface area (Å²) in [6, 6.07) is 0. The first-order valence-electron chi connectivity index (χ1n) is 9.26. The van der Waals surface area contributed by atoms with Gasteiger partial charge in [0.25, 0.3) is 0 Å². The van der Waals surface area contributed by atoms with E-state index in [9.17, 15) is 4.79 Å². The molecular formula is C21H28N2O2. The Labute approximate surface area is 151 Å². The zero-order valence-electron chi connectivity index (χ0n) is 15.1. The van der Waals surface area contributed by atoms with E-state index >= 15 is 0 Å². The molecule has 1 aliphatic heterocycles. The molecule has 0 spiro atoms. The third-order valence-electron chi connectivity index (χ3n) is 4.36. The summed E-state index contributed by atoms with van der Waals surface area (Å²) in [5, 5.41) is 2.81. The van der Waals surface area contributed by atoms with Crippen LogP contribution in [0.15, 0.2) is 41.0 Å². The summed E-state index contributed by atoms with van der Waals surface area (Å²) in [6.07, 6.45) is 18.6. The molecular weight excluding hydrogens is 312 g/mol. The number of fused-ring (bicyclic) bond motifs is 1. The Hall–Kier alpha value is -2.37. The lowest BCUT2D eigenvalue weighted by Gasteiger charge is -2.31. The lowest BCUT2D eigenvalue weighted by atomic mass is 10.00. The fraction of sp³-hybridized carbons (Fsp3) is 0.524. The predicted octanol–water partition coefficient (Wildman–Crippen LogP) is 4.27. The first-order valence-corrected chi connectivity index (χ1v) is 9.26. The van der Waals surface area contributed by atoms with Crippen LogP contribution in [-0.4, -0.2) is 30.6 Å². The van der Waals surface area contributed by atoms with E-state index < -0.39 is 6.09 Å². The van der Waals surface area contributed by atoms with Gasteiger partial charge in [0.05, 0.1) is 6.54 Å². The second kappa shape index (κ2) is 10.5. The highest BCUT2D eigenvalue weighted by Crippen LogP contribution is 2.28. The molecule has 1 saturated heterocycles. The van der Waals surface area contributed by atoms with Crippen LogP contribution < -0.4 is 5.32 Å². The number of nitrogens with one attached hydrogen (secondary N) is 1. The van der Waals surface area contributed by atoms with E-state index in [1.807, 2.05) is 18.2 Å². The smallest absolute Gasteiger partial charge is 0.402 e. The normalized spacial score (nSPS) is 16.0. The van der Waals surface area contributed by atoms with Gasteiger partial charge in [-0.2, -0.15) is 0 Å². The van der Waals surface area contributed by atoms with Crippen LogP contribution in [0.1, 0.15) is 51.9 Å². The molecule has 0 radical (unpaired) electrons. The number of ether oxygens (including phenoxy) is 1. The van der Waals surface area contributed by atoms with Gasteiger partial charge in [0.1, 0.15) is 0 Å². The molecule has 4 nitrogen and oxygen atoms in total. The average molecular weight is 340 g/mol. The van der Waals surface area contributed by atoms with Gasteiger partial charge in [-0.15, -0.1) is 6.42 Å². The van der Waals surface area contributed by atoms with Gasteiger partial charge in [0.2, 0.25) is 0 Å². The van der Waals surface area contributed by atoms with E-state index in [1.54, 1.807) is 0 Å². The number of likely N-dealkylation sites (tertiary alicyclic amines) is 1. The Kier molecular flexibility index (Phi) is 7.95. The summed E-state index contributed by atoms with van der Waals surface area (Å²) >= 11 is 0. The molecule has 0 saturated carbocycles. The number of carbonyl (C=O) groups excluding carboxylic acids is 1. The van der Waals surface area contributed by atoms with Crippen LogP contribution in [0, 0.1) is 12.3 Å². The van der Waals surface area contributed by atoms with E-state index in [2.05, 4.69) is 28.8 Å². The van der Waals surface area contributed by atoms with Crippen molar-refractivity contribution < 1.29 is 9.53 Å². The maximum Gasteiger partial charge on any atom is 0.413 e. The van der Waals surface area contributed by atoms with Crippen LogP contribution in [0.2, 0.25) is 0 Å². The Morgan fingerprint density at radius 3 is 3.04 bits per heavy atom. The monoisotopic (exact) mass is 340 g/mol. The van der Waals surface area contributed by atoms with Crippen molar-refractivity contribution in [3.63, 3.8) is 0 Å². The molecule has 25 heavy (non-hydrogen) atoms. The molecule has 0 unspecified atom stereocenters. The van der Waals surface area contributed by atoms with Crippen molar-refractivity contribution in [2.45, 2.75) is 51.9 Å². The van der Waals surface area contributed by atoms with E-state index in [0.29, 0.717) is 18.8 Å². The summed E-state index contributed by atoms with van der Waals surface area (Å²) in [5.41, 5.74) is 5.27. The Morgan fingerprint density at radius 2 is 2.24 bits per heavy atom. The van der Waals surface area contributed by atoms with Gasteiger partial charge in [0, 0.05) is 24.9 Å². The van der Waals surface area contributed by atoms with Gasteiger partial charge in [-0.3, -0.25) is 0 Å². The number of rotatable bonds is 8. The van der Waals surface area contributed by atoms with Crippen LogP contribution in [0.3, 0.4) is 0 Å². The Bertz CT molecular complexity index is 631. The number of carbonyl (C=O) groups is 1. The molecule has 134 valence electrons. The number of hydrogen-bond acceptors (Lipinski definition) is 3. The van der Waals surface area contributed by atoms with E-state index in [0.717, 1.165) is 37.9 Å². The van der Waals surface area contributed by atoms with Crippen molar-refractivity contribution in [2.75, 3.05) is 19.6 Å². The van der Waals surface area contributed by atoms with Crippen LogP contribution >= 0.6 is 0 Å². The molecule has 0 atom stereocenters. The topological polar surface area (TPSA) is 41.6 Å². The lowest BCUT2D eigenvalue weighted by Crippen LogP contribution is -2.30. The molecule has 1 heterocycles. The fourth-order valence-electron chi connectivity index (χ4n) is 3.04. The first kappa shape index (κ1) is 19.0. The highest BCUT2D eigenvalue weighted by Gasteiger charge is 2.20. The molecule has 1 amide bonds. The zero-order chi connectivity index (χ0) is 17.9. The zero-order valence-corrected chi connectivity index (χ0v) is 15.1. The SMILES string of the molecule is C#CCN1CCCC2=CC=C=C(OC(=O)NCCCCCCC)C=C21.